The molecule has 60 heavy (non-hydrogen) atoms. The van der Waals surface area contributed by atoms with Crippen molar-refractivity contribution in [2.75, 3.05) is 13.2 Å². The quantitative estimate of drug-likeness (QED) is 0.0345. The van der Waals surface area contributed by atoms with Crippen LogP contribution in [-0.2, 0) is 28.6 Å². The van der Waals surface area contributed by atoms with Crippen molar-refractivity contribution in [2.45, 2.75) is 304 Å². The van der Waals surface area contributed by atoms with Gasteiger partial charge in [-0.05, 0) is 31.1 Å². The molecule has 0 saturated heterocycles. The number of unbranched alkanes of at least 4 members (excludes halogenated alkanes) is 32. The van der Waals surface area contributed by atoms with E-state index in [0.29, 0.717) is 19.3 Å². The molecule has 0 N–H and O–H groups in total. The predicted molar refractivity (Wildman–Crippen MR) is 256 cm³/mol. The highest BCUT2D eigenvalue weighted by Gasteiger charge is 2.19. The maximum Gasteiger partial charge on any atom is 0.306 e. The summed E-state index contributed by atoms with van der Waals surface area (Å²) in [6.45, 7) is 11.4. The highest BCUT2D eigenvalue weighted by atomic mass is 16.6. The highest BCUT2D eigenvalue weighted by molar-refractivity contribution is 5.71. The Labute approximate surface area is 374 Å². The summed E-state index contributed by atoms with van der Waals surface area (Å²) in [5, 5.41) is 0. The summed E-state index contributed by atoms with van der Waals surface area (Å²) < 4.78 is 16.8. The van der Waals surface area contributed by atoms with Crippen LogP contribution in [0.3, 0.4) is 0 Å². The maximum atomic E-state index is 12.8. The van der Waals surface area contributed by atoms with Gasteiger partial charge in [0.05, 0.1) is 0 Å². The molecule has 0 aromatic heterocycles. The van der Waals surface area contributed by atoms with Crippen LogP contribution < -0.4 is 0 Å². The fraction of sp³-hybridized carbons (Fsp3) is 0.944. The Bertz CT molecular complexity index is 918. The van der Waals surface area contributed by atoms with Gasteiger partial charge in [-0.1, -0.05) is 259 Å². The van der Waals surface area contributed by atoms with Crippen LogP contribution in [-0.4, -0.2) is 37.2 Å². The van der Waals surface area contributed by atoms with E-state index in [-0.39, 0.29) is 31.1 Å². The SMILES string of the molecule is CCCCCCCCCCCCCC(=O)O[C@H](COC(=O)CCCCCCCCCCCCCCCCC(C)CC)COC(=O)CCCCCCCCCCCCC(C)C. The van der Waals surface area contributed by atoms with Crippen LogP contribution in [0.15, 0.2) is 0 Å². The van der Waals surface area contributed by atoms with Crippen LogP contribution in [0.4, 0.5) is 0 Å². The number of ether oxygens (including phenoxy) is 3. The van der Waals surface area contributed by atoms with E-state index in [1.165, 1.54) is 186 Å². The molecule has 0 aliphatic carbocycles. The smallest absolute Gasteiger partial charge is 0.306 e. The first-order valence-corrected chi connectivity index (χ1v) is 26.8. The van der Waals surface area contributed by atoms with Gasteiger partial charge in [0, 0.05) is 19.3 Å². The van der Waals surface area contributed by atoms with Gasteiger partial charge in [0.1, 0.15) is 13.2 Å². The number of rotatable bonds is 48. The Balaban J connectivity index is 4.26. The molecule has 0 fully saturated rings. The number of carbonyl (C=O) groups excluding carboxylic acids is 3. The third-order valence-corrected chi connectivity index (χ3v) is 12.6. The summed E-state index contributed by atoms with van der Waals surface area (Å²) in [7, 11) is 0. The zero-order valence-electron chi connectivity index (χ0n) is 41.1. The van der Waals surface area contributed by atoms with Gasteiger partial charge in [0.2, 0.25) is 0 Å². The molecule has 0 radical (unpaired) electrons. The Morgan fingerprint density at radius 1 is 0.350 bits per heavy atom. The van der Waals surface area contributed by atoms with Crippen LogP contribution in [0.2, 0.25) is 0 Å². The van der Waals surface area contributed by atoms with Crippen LogP contribution in [0, 0.1) is 11.8 Å². The molecular weight excluding hydrogens is 745 g/mol. The standard InChI is InChI=1S/C54H104O6/c1-6-8-9-10-11-12-17-26-31-36-41-46-54(57)60-51(48-59-53(56)45-40-35-30-25-21-20-22-27-32-37-42-49(3)4)47-58-52(55)44-39-34-29-24-19-16-14-13-15-18-23-28-33-38-43-50(5)7-2/h49-51H,6-48H2,1-5H3/t50?,51-/m1/s1. The van der Waals surface area contributed by atoms with Crippen LogP contribution in [0.5, 0.6) is 0 Å². The molecule has 6 nitrogen and oxygen atoms in total. The number of hydrogen-bond acceptors (Lipinski definition) is 6. The molecular formula is C54H104O6. The number of carbonyl (C=O) groups is 3. The topological polar surface area (TPSA) is 78.9 Å². The van der Waals surface area contributed by atoms with E-state index >= 15 is 0 Å². The molecule has 356 valence electrons. The van der Waals surface area contributed by atoms with Crippen LogP contribution in [0.1, 0.15) is 298 Å². The van der Waals surface area contributed by atoms with Crippen molar-refractivity contribution >= 4 is 17.9 Å². The first kappa shape index (κ1) is 58.4. The fourth-order valence-electron chi connectivity index (χ4n) is 8.13. The fourth-order valence-corrected chi connectivity index (χ4v) is 8.13. The minimum absolute atomic E-state index is 0.0634. The van der Waals surface area contributed by atoms with Gasteiger partial charge < -0.3 is 14.2 Å². The Morgan fingerprint density at radius 2 is 0.633 bits per heavy atom. The zero-order chi connectivity index (χ0) is 44.0. The highest BCUT2D eigenvalue weighted by Crippen LogP contribution is 2.18. The van der Waals surface area contributed by atoms with Gasteiger partial charge >= 0.3 is 17.9 Å². The van der Waals surface area contributed by atoms with Crippen molar-refractivity contribution in [1.82, 2.24) is 0 Å². The molecule has 0 bridgehead atoms. The first-order valence-electron chi connectivity index (χ1n) is 26.8. The lowest BCUT2D eigenvalue weighted by molar-refractivity contribution is -0.167. The van der Waals surface area contributed by atoms with Gasteiger partial charge in [-0.15, -0.1) is 0 Å². The predicted octanol–water partition coefficient (Wildman–Crippen LogP) is 17.3. The maximum absolute atomic E-state index is 12.8. The lowest BCUT2D eigenvalue weighted by Crippen LogP contribution is -2.30. The molecule has 0 aliphatic rings. The monoisotopic (exact) mass is 849 g/mol. The average molecular weight is 849 g/mol. The van der Waals surface area contributed by atoms with E-state index in [1.54, 1.807) is 0 Å². The molecule has 0 amide bonds. The van der Waals surface area contributed by atoms with E-state index in [4.69, 9.17) is 14.2 Å². The Hall–Kier alpha value is -1.59. The average Bonchev–Trinajstić information content (AvgIpc) is 3.23. The molecule has 2 atom stereocenters. The second-order valence-corrected chi connectivity index (χ2v) is 19.2. The Kier molecular flexibility index (Phi) is 45.7. The second-order valence-electron chi connectivity index (χ2n) is 19.2. The van der Waals surface area contributed by atoms with E-state index in [1.807, 2.05) is 0 Å². The van der Waals surface area contributed by atoms with Gasteiger partial charge in [0.25, 0.3) is 0 Å². The molecule has 0 aromatic carbocycles. The lowest BCUT2D eigenvalue weighted by Gasteiger charge is -2.18. The summed E-state index contributed by atoms with van der Waals surface area (Å²) in [4.78, 5) is 38.0. The Morgan fingerprint density at radius 3 is 0.950 bits per heavy atom. The molecule has 6 heteroatoms. The van der Waals surface area contributed by atoms with Crippen molar-refractivity contribution in [3.05, 3.63) is 0 Å². The van der Waals surface area contributed by atoms with Gasteiger partial charge in [-0.2, -0.15) is 0 Å². The largest absolute Gasteiger partial charge is 0.462 e. The van der Waals surface area contributed by atoms with Gasteiger partial charge in [0.15, 0.2) is 6.10 Å². The van der Waals surface area contributed by atoms with Crippen molar-refractivity contribution in [3.8, 4) is 0 Å². The van der Waals surface area contributed by atoms with Crippen molar-refractivity contribution in [1.29, 1.82) is 0 Å². The zero-order valence-corrected chi connectivity index (χ0v) is 41.1. The number of esters is 3. The normalized spacial score (nSPS) is 12.5. The number of hydrogen-bond donors (Lipinski definition) is 0. The molecule has 1 unspecified atom stereocenters. The molecule has 0 spiro atoms. The molecule has 0 heterocycles. The molecule has 0 aromatic rings. The van der Waals surface area contributed by atoms with E-state index in [9.17, 15) is 14.4 Å². The lowest BCUT2D eigenvalue weighted by atomic mass is 9.99. The second kappa shape index (κ2) is 46.9. The summed E-state index contributed by atoms with van der Waals surface area (Å²) >= 11 is 0. The van der Waals surface area contributed by atoms with Crippen molar-refractivity contribution in [3.63, 3.8) is 0 Å². The van der Waals surface area contributed by atoms with Crippen LogP contribution in [0.25, 0.3) is 0 Å². The molecule has 0 rings (SSSR count). The summed E-state index contributed by atoms with van der Waals surface area (Å²) in [5.74, 6) is 0.868. The molecule has 0 aliphatic heterocycles. The van der Waals surface area contributed by atoms with E-state index in [2.05, 4.69) is 34.6 Å². The third kappa shape index (κ3) is 45.9. The minimum Gasteiger partial charge on any atom is -0.462 e. The summed E-state index contributed by atoms with van der Waals surface area (Å²) in [5.41, 5.74) is 0. The van der Waals surface area contributed by atoms with E-state index < -0.39 is 6.10 Å². The van der Waals surface area contributed by atoms with Crippen molar-refractivity contribution in [2.24, 2.45) is 11.8 Å². The minimum atomic E-state index is -0.761. The first-order chi connectivity index (χ1) is 29.3. The third-order valence-electron chi connectivity index (χ3n) is 12.6. The van der Waals surface area contributed by atoms with Crippen molar-refractivity contribution < 1.29 is 28.6 Å². The molecule has 0 saturated carbocycles. The summed E-state index contributed by atoms with van der Waals surface area (Å²) in [6, 6.07) is 0. The van der Waals surface area contributed by atoms with E-state index in [0.717, 1.165) is 69.6 Å². The summed E-state index contributed by atoms with van der Waals surface area (Å²) in [6.07, 6.45) is 48.0. The van der Waals surface area contributed by atoms with Gasteiger partial charge in [-0.25, -0.2) is 0 Å². The van der Waals surface area contributed by atoms with Gasteiger partial charge in [-0.3, -0.25) is 14.4 Å². The van der Waals surface area contributed by atoms with Crippen LogP contribution >= 0.6 is 0 Å².